The van der Waals surface area contributed by atoms with Gasteiger partial charge in [-0.1, -0.05) is 6.07 Å². The molecule has 1 aliphatic heterocycles. The Morgan fingerprint density at radius 2 is 2.04 bits per heavy atom. The summed E-state index contributed by atoms with van der Waals surface area (Å²) in [6.45, 7) is 6.47. The van der Waals surface area contributed by atoms with Crippen molar-refractivity contribution in [2.45, 2.75) is 44.4 Å². The van der Waals surface area contributed by atoms with E-state index in [2.05, 4.69) is 11.1 Å². The van der Waals surface area contributed by atoms with Gasteiger partial charge in [-0.15, -0.1) is 0 Å². The van der Waals surface area contributed by atoms with Crippen molar-refractivity contribution in [3.63, 3.8) is 0 Å². The molecule has 3 aromatic rings. The minimum Gasteiger partial charge on any atom is -0.465 e. The first-order valence-electron chi connectivity index (χ1n) is 8.88. The summed E-state index contributed by atoms with van der Waals surface area (Å²) in [7, 11) is -3.55. The third kappa shape index (κ3) is 2.95. The van der Waals surface area contributed by atoms with Crippen molar-refractivity contribution in [3.8, 4) is 0 Å². The van der Waals surface area contributed by atoms with Crippen molar-refractivity contribution in [3.05, 3.63) is 47.2 Å². The number of hydrogen-bond donors (Lipinski definition) is 1. The molecule has 1 aliphatic rings. The summed E-state index contributed by atoms with van der Waals surface area (Å²) >= 11 is 0. The number of rotatable bonds is 3. The number of nitrogens with zero attached hydrogens (tertiary/aromatic N) is 2. The van der Waals surface area contributed by atoms with Crippen molar-refractivity contribution in [2.75, 3.05) is 13.1 Å². The van der Waals surface area contributed by atoms with Crippen LogP contribution in [0.15, 0.2) is 33.6 Å². The number of piperidine rings is 1. The SMILES string of the molecule is Cc1ccc2nc([C@@H]3CCCN(S(=O)(=O)c4cc(C)oc4C)C3)[nH]c2c1. The summed E-state index contributed by atoms with van der Waals surface area (Å²) in [5, 5.41) is 0. The van der Waals surface area contributed by atoms with E-state index in [1.807, 2.05) is 19.1 Å². The van der Waals surface area contributed by atoms with Crippen LogP contribution in [0, 0.1) is 20.8 Å². The third-order valence-electron chi connectivity index (χ3n) is 5.04. The summed E-state index contributed by atoms with van der Waals surface area (Å²) in [6, 6.07) is 7.72. The van der Waals surface area contributed by atoms with Gasteiger partial charge >= 0.3 is 0 Å². The molecule has 0 unspecified atom stereocenters. The molecule has 0 spiro atoms. The van der Waals surface area contributed by atoms with Crippen molar-refractivity contribution in [1.82, 2.24) is 14.3 Å². The quantitative estimate of drug-likeness (QED) is 0.760. The first kappa shape index (κ1) is 17.3. The number of H-pyrrole nitrogens is 1. The maximum absolute atomic E-state index is 13.1. The van der Waals surface area contributed by atoms with Crippen LogP contribution >= 0.6 is 0 Å². The zero-order valence-corrected chi connectivity index (χ0v) is 16.1. The predicted octanol–water partition coefficient (Wildman–Crippen LogP) is 3.65. The number of fused-ring (bicyclic) bond motifs is 1. The molecule has 1 N–H and O–H groups in total. The van der Waals surface area contributed by atoms with E-state index < -0.39 is 10.0 Å². The van der Waals surface area contributed by atoms with Gasteiger partial charge in [0.25, 0.3) is 0 Å². The van der Waals surface area contributed by atoms with E-state index in [-0.39, 0.29) is 10.8 Å². The Hall–Kier alpha value is -2.12. The monoisotopic (exact) mass is 373 g/mol. The molecule has 26 heavy (non-hydrogen) atoms. The van der Waals surface area contributed by atoms with E-state index in [0.717, 1.165) is 29.7 Å². The molecule has 0 saturated carbocycles. The number of aromatic nitrogens is 2. The lowest BCUT2D eigenvalue weighted by Crippen LogP contribution is -2.39. The Kier molecular flexibility index (Phi) is 4.16. The van der Waals surface area contributed by atoms with E-state index in [9.17, 15) is 8.42 Å². The van der Waals surface area contributed by atoms with Crippen molar-refractivity contribution >= 4 is 21.1 Å². The van der Waals surface area contributed by atoms with Gasteiger partial charge in [-0.25, -0.2) is 13.4 Å². The highest BCUT2D eigenvalue weighted by Gasteiger charge is 2.34. The molecule has 6 nitrogen and oxygen atoms in total. The number of aromatic amines is 1. The Labute approximate surface area is 153 Å². The summed E-state index contributed by atoms with van der Waals surface area (Å²) < 4.78 is 33.1. The maximum Gasteiger partial charge on any atom is 0.246 e. The molecule has 3 heterocycles. The van der Waals surface area contributed by atoms with Gasteiger partial charge < -0.3 is 9.40 Å². The molecular formula is C19H23N3O3S. The number of sulfonamides is 1. The molecular weight excluding hydrogens is 350 g/mol. The standard InChI is InChI=1S/C19H23N3O3S/c1-12-6-7-16-17(9-12)21-19(20-16)15-5-4-8-22(11-15)26(23,24)18-10-13(2)25-14(18)3/h6-7,9-10,15H,4-5,8,11H2,1-3H3,(H,20,21)/t15-/m1/s1. The second-order valence-electron chi connectivity index (χ2n) is 7.12. The Morgan fingerprint density at radius 1 is 1.23 bits per heavy atom. The minimum absolute atomic E-state index is 0.0690. The highest BCUT2D eigenvalue weighted by atomic mass is 32.2. The van der Waals surface area contributed by atoms with Crippen LogP contribution in [0.1, 0.15) is 41.7 Å². The van der Waals surface area contributed by atoms with Gasteiger partial charge in [0.15, 0.2) is 0 Å². The van der Waals surface area contributed by atoms with Crippen molar-refractivity contribution < 1.29 is 12.8 Å². The fourth-order valence-corrected chi connectivity index (χ4v) is 5.47. The predicted molar refractivity (Wildman–Crippen MR) is 99.7 cm³/mol. The topological polar surface area (TPSA) is 79.2 Å². The van der Waals surface area contributed by atoms with Crippen molar-refractivity contribution in [2.24, 2.45) is 0 Å². The lowest BCUT2D eigenvalue weighted by atomic mass is 9.99. The van der Waals surface area contributed by atoms with E-state index in [0.29, 0.717) is 24.6 Å². The van der Waals surface area contributed by atoms with Crippen molar-refractivity contribution in [1.29, 1.82) is 0 Å². The number of nitrogens with one attached hydrogen (secondary N) is 1. The molecule has 1 fully saturated rings. The Morgan fingerprint density at radius 3 is 2.77 bits per heavy atom. The second-order valence-corrected chi connectivity index (χ2v) is 9.03. The number of furan rings is 1. The van der Waals surface area contributed by atoms with Crippen LogP contribution in [0.5, 0.6) is 0 Å². The van der Waals surface area contributed by atoms with E-state index in [1.165, 1.54) is 5.56 Å². The van der Waals surface area contributed by atoms with Gasteiger partial charge in [-0.2, -0.15) is 4.31 Å². The highest BCUT2D eigenvalue weighted by molar-refractivity contribution is 7.89. The molecule has 0 aliphatic carbocycles. The molecule has 0 radical (unpaired) electrons. The first-order valence-corrected chi connectivity index (χ1v) is 10.3. The van der Waals surface area contributed by atoms with Crippen LogP contribution < -0.4 is 0 Å². The molecule has 1 saturated heterocycles. The third-order valence-corrected chi connectivity index (χ3v) is 7.01. The number of benzene rings is 1. The molecule has 0 amide bonds. The number of imidazole rings is 1. The largest absolute Gasteiger partial charge is 0.465 e. The molecule has 1 atom stereocenters. The zero-order chi connectivity index (χ0) is 18.5. The summed E-state index contributed by atoms with van der Waals surface area (Å²) in [6.07, 6.45) is 1.74. The van der Waals surface area contributed by atoms with E-state index in [1.54, 1.807) is 24.2 Å². The first-order chi connectivity index (χ1) is 12.3. The molecule has 0 bridgehead atoms. The highest BCUT2D eigenvalue weighted by Crippen LogP contribution is 2.31. The van der Waals surface area contributed by atoms with Gasteiger partial charge in [-0.05, 0) is 57.4 Å². The smallest absolute Gasteiger partial charge is 0.246 e. The van der Waals surface area contributed by atoms with Gasteiger partial charge in [-0.3, -0.25) is 0 Å². The fraction of sp³-hybridized carbons (Fsp3) is 0.421. The van der Waals surface area contributed by atoms with Crippen LogP contribution in [0.25, 0.3) is 11.0 Å². The molecule has 138 valence electrons. The van der Waals surface area contributed by atoms with E-state index >= 15 is 0 Å². The normalized spacial score (nSPS) is 19.3. The summed E-state index contributed by atoms with van der Waals surface area (Å²) in [4.78, 5) is 8.35. The van der Waals surface area contributed by atoms with Gasteiger partial charge in [0.2, 0.25) is 10.0 Å². The van der Waals surface area contributed by atoms with E-state index in [4.69, 9.17) is 9.40 Å². The van der Waals surface area contributed by atoms with Crippen LogP contribution in [0.2, 0.25) is 0 Å². The van der Waals surface area contributed by atoms with Crippen LogP contribution in [-0.2, 0) is 10.0 Å². The maximum atomic E-state index is 13.1. The van der Waals surface area contributed by atoms with Crippen LogP contribution in [0.4, 0.5) is 0 Å². The number of aryl methyl sites for hydroxylation is 3. The fourth-order valence-electron chi connectivity index (χ4n) is 3.72. The van der Waals surface area contributed by atoms with Crippen LogP contribution in [-0.4, -0.2) is 35.8 Å². The molecule has 2 aromatic heterocycles. The second kappa shape index (κ2) is 6.25. The van der Waals surface area contributed by atoms with Gasteiger partial charge in [0.05, 0.1) is 11.0 Å². The van der Waals surface area contributed by atoms with Gasteiger partial charge in [0.1, 0.15) is 22.2 Å². The average Bonchev–Trinajstić information content (AvgIpc) is 3.17. The zero-order valence-electron chi connectivity index (χ0n) is 15.2. The lowest BCUT2D eigenvalue weighted by Gasteiger charge is -2.30. The molecule has 4 rings (SSSR count). The van der Waals surface area contributed by atoms with Gasteiger partial charge in [0, 0.05) is 19.0 Å². The minimum atomic E-state index is -3.55. The summed E-state index contributed by atoms with van der Waals surface area (Å²) in [5.74, 6) is 2.00. The Bertz CT molecular complexity index is 1070. The van der Waals surface area contributed by atoms with Crippen LogP contribution in [0.3, 0.4) is 0 Å². The average molecular weight is 373 g/mol. The summed E-state index contributed by atoms with van der Waals surface area (Å²) in [5.41, 5.74) is 3.10. The lowest BCUT2D eigenvalue weighted by molar-refractivity contribution is 0.309. The number of hydrogen-bond acceptors (Lipinski definition) is 4. The Balaban J connectivity index is 1.63. The molecule has 1 aromatic carbocycles. The molecule has 7 heteroatoms.